The van der Waals surface area contributed by atoms with Crippen LogP contribution >= 0.6 is 15.9 Å². The summed E-state index contributed by atoms with van der Waals surface area (Å²) in [6, 6.07) is 16.4. The maximum Gasteiger partial charge on any atom is 0.196 e. The van der Waals surface area contributed by atoms with Gasteiger partial charge in [-0.2, -0.15) is 0 Å². The van der Waals surface area contributed by atoms with E-state index >= 15 is 0 Å². The molecule has 2 unspecified atom stereocenters. The van der Waals surface area contributed by atoms with E-state index in [4.69, 9.17) is 15.5 Å². The highest BCUT2D eigenvalue weighted by Crippen LogP contribution is 2.51. The molecule has 2 aromatic carbocycles. The third-order valence-corrected chi connectivity index (χ3v) is 5.54. The first-order chi connectivity index (χ1) is 12.0. The van der Waals surface area contributed by atoms with Crippen LogP contribution in [-0.2, 0) is 5.54 Å². The Morgan fingerprint density at radius 1 is 1.28 bits per heavy atom. The van der Waals surface area contributed by atoms with Crippen molar-refractivity contribution in [3.63, 3.8) is 0 Å². The minimum absolute atomic E-state index is 0.0670. The van der Waals surface area contributed by atoms with Crippen molar-refractivity contribution in [3.05, 3.63) is 76.4 Å². The first-order valence-corrected chi connectivity index (χ1v) is 9.06. The van der Waals surface area contributed by atoms with E-state index in [0.717, 1.165) is 39.9 Å². The molecule has 25 heavy (non-hydrogen) atoms. The van der Waals surface area contributed by atoms with Crippen molar-refractivity contribution >= 4 is 21.9 Å². The highest BCUT2D eigenvalue weighted by atomic mass is 79.9. The summed E-state index contributed by atoms with van der Waals surface area (Å²) in [6.45, 7) is 4.20. The number of rotatable bonds is 1. The predicted molar refractivity (Wildman–Crippen MR) is 103 cm³/mol. The van der Waals surface area contributed by atoms with Gasteiger partial charge in [-0.25, -0.2) is 4.99 Å². The van der Waals surface area contributed by atoms with Crippen LogP contribution in [0.1, 0.15) is 30.1 Å². The van der Waals surface area contributed by atoms with Crippen molar-refractivity contribution in [1.29, 1.82) is 0 Å². The van der Waals surface area contributed by atoms with E-state index in [0.29, 0.717) is 5.96 Å². The van der Waals surface area contributed by atoms with Crippen LogP contribution in [0.25, 0.3) is 0 Å². The van der Waals surface area contributed by atoms with Crippen LogP contribution in [0.15, 0.2) is 70.3 Å². The van der Waals surface area contributed by atoms with Gasteiger partial charge in [0.1, 0.15) is 17.4 Å². The van der Waals surface area contributed by atoms with E-state index in [1.165, 1.54) is 0 Å². The van der Waals surface area contributed by atoms with E-state index in [2.05, 4.69) is 40.7 Å². The average Bonchev–Trinajstić information content (AvgIpc) is 2.61. The number of nitrogens with two attached hydrogens (primary N) is 1. The number of fused-ring (bicyclic) bond motifs is 2. The molecular formula is C20H20BrN3O. The fourth-order valence-electron chi connectivity index (χ4n) is 3.66. The smallest absolute Gasteiger partial charge is 0.196 e. The molecule has 0 saturated heterocycles. The number of nitrogens with zero attached hydrogens (tertiary/aromatic N) is 2. The van der Waals surface area contributed by atoms with Gasteiger partial charge in [0.2, 0.25) is 0 Å². The van der Waals surface area contributed by atoms with Crippen LogP contribution in [0, 0.1) is 0 Å². The molecule has 2 aromatic rings. The molecule has 2 heterocycles. The number of benzene rings is 2. The molecule has 5 heteroatoms. The van der Waals surface area contributed by atoms with Crippen LogP contribution in [0.2, 0.25) is 0 Å². The van der Waals surface area contributed by atoms with Crippen molar-refractivity contribution in [2.75, 3.05) is 7.05 Å². The van der Waals surface area contributed by atoms with E-state index in [1.807, 2.05) is 42.3 Å². The molecule has 0 saturated carbocycles. The Balaban J connectivity index is 1.87. The van der Waals surface area contributed by atoms with Gasteiger partial charge < -0.3 is 15.4 Å². The van der Waals surface area contributed by atoms with Crippen LogP contribution in [0.4, 0.5) is 0 Å². The Kier molecular flexibility index (Phi) is 3.84. The molecule has 2 aliphatic rings. The maximum absolute atomic E-state index is 6.32. The van der Waals surface area contributed by atoms with Crippen LogP contribution in [0.3, 0.4) is 0 Å². The molecule has 0 aromatic heterocycles. The van der Waals surface area contributed by atoms with Crippen molar-refractivity contribution in [2.45, 2.75) is 24.5 Å². The Labute approximate surface area is 156 Å². The van der Waals surface area contributed by atoms with Gasteiger partial charge in [0.05, 0.1) is 0 Å². The molecule has 0 fully saturated rings. The Morgan fingerprint density at radius 2 is 2.04 bits per heavy atom. The number of hydrogen-bond acceptors (Lipinski definition) is 4. The van der Waals surface area contributed by atoms with E-state index in [-0.39, 0.29) is 6.10 Å². The van der Waals surface area contributed by atoms with E-state index < -0.39 is 5.54 Å². The Hall–Kier alpha value is -2.27. The summed E-state index contributed by atoms with van der Waals surface area (Å²) in [4.78, 5) is 6.78. The van der Waals surface area contributed by atoms with Gasteiger partial charge in [-0.3, -0.25) is 0 Å². The van der Waals surface area contributed by atoms with Gasteiger partial charge in [0.15, 0.2) is 5.96 Å². The lowest BCUT2D eigenvalue weighted by atomic mass is 9.77. The minimum Gasteiger partial charge on any atom is -0.485 e. The first kappa shape index (κ1) is 16.2. The molecule has 0 aliphatic carbocycles. The molecule has 2 aliphatic heterocycles. The predicted octanol–water partition coefficient (Wildman–Crippen LogP) is 4.33. The van der Waals surface area contributed by atoms with Gasteiger partial charge in [-0.05, 0) is 23.8 Å². The highest BCUT2D eigenvalue weighted by Gasteiger charge is 2.45. The standard InChI is InChI=1S/C20H20BrN3O/c1-13-11-20(23-19(22)24(13)2)12-18(14-6-4-3-5-7-14)25-17-9-8-15(21)10-16(17)20/h3-10,18H,1,11-12H2,2H3,(H2,22,23). The van der Waals surface area contributed by atoms with Gasteiger partial charge >= 0.3 is 0 Å². The molecule has 0 radical (unpaired) electrons. The zero-order valence-electron chi connectivity index (χ0n) is 14.1. The summed E-state index contributed by atoms with van der Waals surface area (Å²) >= 11 is 3.57. The second-order valence-corrected chi connectivity index (χ2v) is 7.58. The summed E-state index contributed by atoms with van der Waals surface area (Å²) < 4.78 is 7.33. The number of guanidine groups is 1. The summed E-state index contributed by atoms with van der Waals surface area (Å²) in [5.74, 6) is 1.35. The average molecular weight is 398 g/mol. The SMILES string of the molecule is C=C1CC2(CC(c3ccccc3)Oc3ccc(Br)cc32)N=C(N)N1C. The molecule has 0 amide bonds. The maximum atomic E-state index is 6.32. The zero-order valence-corrected chi connectivity index (χ0v) is 15.7. The molecule has 2 atom stereocenters. The fourth-order valence-corrected chi connectivity index (χ4v) is 4.02. The number of ether oxygens (including phenoxy) is 1. The second-order valence-electron chi connectivity index (χ2n) is 6.67. The summed E-state index contributed by atoms with van der Waals surface area (Å²) in [5.41, 5.74) is 8.94. The van der Waals surface area contributed by atoms with Crippen LogP contribution < -0.4 is 10.5 Å². The van der Waals surface area contributed by atoms with Gasteiger partial charge in [0.25, 0.3) is 0 Å². The Morgan fingerprint density at radius 3 is 2.76 bits per heavy atom. The highest BCUT2D eigenvalue weighted by molar-refractivity contribution is 9.10. The topological polar surface area (TPSA) is 50.9 Å². The van der Waals surface area contributed by atoms with Crippen LogP contribution in [0.5, 0.6) is 5.75 Å². The van der Waals surface area contributed by atoms with Crippen molar-refractivity contribution in [3.8, 4) is 5.75 Å². The molecule has 4 nitrogen and oxygen atoms in total. The van der Waals surface area contributed by atoms with Crippen molar-refractivity contribution in [1.82, 2.24) is 4.90 Å². The van der Waals surface area contributed by atoms with E-state index in [9.17, 15) is 0 Å². The normalized spacial score (nSPS) is 25.4. The number of hydrogen-bond donors (Lipinski definition) is 1. The monoisotopic (exact) mass is 397 g/mol. The molecule has 0 bridgehead atoms. The fraction of sp³-hybridized carbons (Fsp3) is 0.250. The third kappa shape index (κ3) is 2.72. The number of aliphatic imine (C=N–C) groups is 1. The van der Waals surface area contributed by atoms with E-state index in [1.54, 1.807) is 0 Å². The zero-order chi connectivity index (χ0) is 17.6. The first-order valence-electron chi connectivity index (χ1n) is 8.27. The van der Waals surface area contributed by atoms with Gasteiger partial charge in [0, 0.05) is 35.6 Å². The summed E-state index contributed by atoms with van der Waals surface area (Å²) in [6.07, 6.45) is 1.39. The molecule has 4 rings (SSSR count). The van der Waals surface area contributed by atoms with Gasteiger partial charge in [-0.15, -0.1) is 0 Å². The molecular weight excluding hydrogens is 378 g/mol. The van der Waals surface area contributed by atoms with Crippen molar-refractivity contribution in [2.24, 2.45) is 10.7 Å². The van der Waals surface area contributed by atoms with Crippen LogP contribution in [-0.4, -0.2) is 17.9 Å². The second kappa shape index (κ2) is 5.92. The minimum atomic E-state index is -0.453. The Bertz CT molecular complexity index is 864. The molecule has 2 N–H and O–H groups in total. The quantitative estimate of drug-likeness (QED) is 0.778. The molecule has 1 spiro atoms. The largest absolute Gasteiger partial charge is 0.485 e. The third-order valence-electron chi connectivity index (χ3n) is 5.05. The summed E-state index contributed by atoms with van der Waals surface area (Å²) in [5, 5.41) is 0. The summed E-state index contributed by atoms with van der Waals surface area (Å²) in [7, 11) is 1.91. The van der Waals surface area contributed by atoms with Gasteiger partial charge in [-0.1, -0.05) is 52.8 Å². The number of halogens is 1. The van der Waals surface area contributed by atoms with Crippen molar-refractivity contribution < 1.29 is 4.74 Å². The lowest BCUT2D eigenvalue weighted by Crippen LogP contribution is -2.45. The lowest BCUT2D eigenvalue weighted by Gasteiger charge is -2.44. The lowest BCUT2D eigenvalue weighted by molar-refractivity contribution is 0.119. The molecule has 128 valence electrons.